The number of hydrogen-bond acceptors (Lipinski definition) is 6. The highest BCUT2D eigenvalue weighted by atomic mass is 35.5. The average Bonchev–Trinajstić information content (AvgIpc) is 2.78. The third-order valence-corrected chi connectivity index (χ3v) is 5.52. The zero-order valence-corrected chi connectivity index (χ0v) is 18.3. The third kappa shape index (κ3) is 4.10. The number of ether oxygens (including phenoxy) is 2. The number of halogens is 2. The van der Waals surface area contributed by atoms with Crippen molar-refractivity contribution in [2.24, 2.45) is 0 Å². The van der Waals surface area contributed by atoms with Gasteiger partial charge in [-0.2, -0.15) is 0 Å². The minimum Gasteiger partial charge on any atom is -0.507 e. The molecule has 6 nitrogen and oxygen atoms in total. The van der Waals surface area contributed by atoms with Gasteiger partial charge in [0, 0.05) is 42.7 Å². The van der Waals surface area contributed by atoms with Crippen molar-refractivity contribution in [2.45, 2.75) is 0 Å². The zero-order valence-electron chi connectivity index (χ0n) is 16.8. The van der Waals surface area contributed by atoms with E-state index in [9.17, 15) is 20.4 Å². The monoisotopic (exact) mass is 474 g/mol. The maximum atomic E-state index is 11.1. The molecule has 0 aromatic heterocycles. The van der Waals surface area contributed by atoms with Gasteiger partial charge in [0.05, 0.1) is 13.2 Å². The van der Waals surface area contributed by atoms with Crippen LogP contribution in [0, 0.1) is 0 Å². The number of phenolic OH excluding ortho intramolecular Hbond substituents is 2. The van der Waals surface area contributed by atoms with Crippen molar-refractivity contribution in [3.63, 3.8) is 0 Å². The summed E-state index contributed by atoms with van der Waals surface area (Å²) in [4.78, 5) is 0. The molecule has 4 aromatic rings. The van der Waals surface area contributed by atoms with Gasteiger partial charge in [0.15, 0.2) is 0 Å². The molecule has 4 rings (SSSR count). The van der Waals surface area contributed by atoms with E-state index in [-0.39, 0.29) is 37.9 Å². The number of aliphatic hydroxyl groups excluding tert-OH is 2. The van der Waals surface area contributed by atoms with Crippen molar-refractivity contribution < 1.29 is 29.9 Å². The van der Waals surface area contributed by atoms with E-state index in [0.717, 1.165) is 0 Å². The number of phenols is 2. The van der Waals surface area contributed by atoms with Crippen LogP contribution in [0.4, 0.5) is 0 Å². The molecule has 0 radical (unpaired) electrons. The lowest BCUT2D eigenvalue weighted by molar-refractivity contribution is 0.202. The first kappa shape index (κ1) is 22.3. The molecule has 0 aliphatic carbocycles. The summed E-state index contributed by atoms with van der Waals surface area (Å²) in [6.45, 7) is -0.309. The number of aromatic hydroxyl groups is 2. The van der Waals surface area contributed by atoms with Crippen LogP contribution in [0.25, 0.3) is 32.7 Å². The number of hydrogen-bond donors (Lipinski definition) is 4. The molecule has 8 heteroatoms. The van der Waals surface area contributed by atoms with Crippen LogP contribution in [0.3, 0.4) is 0 Å². The molecule has 0 bridgehead atoms. The molecule has 0 aliphatic rings. The second-order valence-electron chi connectivity index (χ2n) is 7.07. The molecular weight excluding hydrogens is 455 g/mol. The first-order valence-electron chi connectivity index (χ1n) is 9.82. The highest BCUT2D eigenvalue weighted by Gasteiger charge is 2.20. The van der Waals surface area contributed by atoms with Crippen molar-refractivity contribution in [2.75, 3.05) is 26.4 Å². The molecule has 0 spiro atoms. The van der Waals surface area contributed by atoms with Crippen molar-refractivity contribution in [3.8, 4) is 34.1 Å². The molecule has 0 saturated heterocycles. The molecule has 0 aliphatic heterocycles. The van der Waals surface area contributed by atoms with E-state index in [4.69, 9.17) is 32.7 Å². The first-order chi connectivity index (χ1) is 15.4. The van der Waals surface area contributed by atoms with Crippen LogP contribution in [-0.4, -0.2) is 46.9 Å². The molecule has 32 heavy (non-hydrogen) atoms. The Morgan fingerprint density at radius 3 is 1.38 bits per heavy atom. The van der Waals surface area contributed by atoms with Gasteiger partial charge in [-0.1, -0.05) is 23.2 Å². The Balaban J connectivity index is 2.02. The quantitative estimate of drug-likeness (QED) is 0.296. The second kappa shape index (κ2) is 9.30. The molecule has 0 unspecified atom stereocenters. The molecule has 0 atom stereocenters. The molecule has 4 N–H and O–H groups in total. The summed E-state index contributed by atoms with van der Waals surface area (Å²) in [6, 6.07) is 13.1. The van der Waals surface area contributed by atoms with Gasteiger partial charge in [-0.15, -0.1) is 0 Å². The van der Waals surface area contributed by atoms with Crippen LogP contribution in [0.1, 0.15) is 0 Å². The first-order valence-corrected chi connectivity index (χ1v) is 10.6. The van der Waals surface area contributed by atoms with Gasteiger partial charge in [0.25, 0.3) is 0 Å². The third-order valence-electron chi connectivity index (χ3n) is 5.05. The van der Waals surface area contributed by atoms with Gasteiger partial charge in [-0.3, -0.25) is 0 Å². The van der Waals surface area contributed by atoms with E-state index in [1.165, 1.54) is 0 Å². The van der Waals surface area contributed by atoms with Crippen LogP contribution in [0.2, 0.25) is 10.0 Å². The second-order valence-corrected chi connectivity index (χ2v) is 7.94. The fourth-order valence-electron chi connectivity index (χ4n) is 3.66. The van der Waals surface area contributed by atoms with E-state index in [0.29, 0.717) is 54.2 Å². The Labute approximate surface area is 193 Å². The van der Waals surface area contributed by atoms with Crippen molar-refractivity contribution in [3.05, 3.63) is 58.6 Å². The fraction of sp³-hybridized carbons (Fsp3) is 0.167. The van der Waals surface area contributed by atoms with Gasteiger partial charge in [0.1, 0.15) is 36.2 Å². The van der Waals surface area contributed by atoms with Crippen LogP contribution >= 0.6 is 23.2 Å². The molecule has 0 fully saturated rings. The van der Waals surface area contributed by atoms with E-state index < -0.39 is 0 Å². The summed E-state index contributed by atoms with van der Waals surface area (Å²) in [5, 5.41) is 43.6. The summed E-state index contributed by atoms with van der Waals surface area (Å²) >= 11 is 12.3. The molecule has 0 amide bonds. The summed E-state index contributed by atoms with van der Waals surface area (Å²) in [7, 11) is 0. The normalized spacial score (nSPS) is 11.2. The van der Waals surface area contributed by atoms with Gasteiger partial charge in [-0.25, -0.2) is 0 Å². The highest BCUT2D eigenvalue weighted by molar-refractivity contribution is 6.32. The fourth-order valence-corrected chi connectivity index (χ4v) is 4.00. The van der Waals surface area contributed by atoms with Crippen molar-refractivity contribution in [1.82, 2.24) is 0 Å². The van der Waals surface area contributed by atoms with Crippen LogP contribution < -0.4 is 9.47 Å². The Morgan fingerprint density at radius 1 is 0.594 bits per heavy atom. The highest BCUT2D eigenvalue weighted by Crippen LogP contribution is 2.48. The van der Waals surface area contributed by atoms with Gasteiger partial charge in [-0.05, 0) is 48.5 Å². The predicted octanol–water partition coefficient (Wildman–Crippen LogP) is 5.12. The largest absolute Gasteiger partial charge is 0.507 e. The lowest BCUT2D eigenvalue weighted by Gasteiger charge is -2.18. The smallest absolute Gasteiger partial charge is 0.131 e. The summed E-state index contributed by atoms with van der Waals surface area (Å²) in [5.41, 5.74) is 0.604. The zero-order chi connectivity index (χ0) is 22.8. The van der Waals surface area contributed by atoms with E-state index >= 15 is 0 Å². The molecule has 0 heterocycles. The maximum absolute atomic E-state index is 11.1. The number of rotatable bonds is 7. The lowest BCUT2D eigenvalue weighted by atomic mass is 9.95. The predicted molar refractivity (Wildman–Crippen MR) is 125 cm³/mol. The van der Waals surface area contributed by atoms with Gasteiger partial charge < -0.3 is 29.9 Å². The summed E-state index contributed by atoms with van der Waals surface area (Å²) < 4.78 is 11.4. The number of benzene rings is 4. The molecule has 166 valence electrons. The minimum atomic E-state index is -0.195. The number of aliphatic hydroxyl groups is 2. The van der Waals surface area contributed by atoms with E-state index in [1.807, 2.05) is 0 Å². The van der Waals surface area contributed by atoms with Crippen LogP contribution in [-0.2, 0) is 0 Å². The summed E-state index contributed by atoms with van der Waals surface area (Å²) in [6.07, 6.45) is 0. The minimum absolute atomic E-state index is 0.0406. The van der Waals surface area contributed by atoms with E-state index in [1.54, 1.807) is 48.5 Å². The standard InChI is InChI=1S/C24H20Cl2O6/c25-13-1-3-15-17(9-13)21(31-7-5-27)11-19(23(15)29)20-12-22(32-8-6-28)18-10-14(26)2-4-16(18)24(20)30/h1-4,9-12,27-30H,5-8H2. The lowest BCUT2D eigenvalue weighted by Crippen LogP contribution is -2.03. The topological polar surface area (TPSA) is 99.4 Å². The summed E-state index contributed by atoms with van der Waals surface area (Å²) in [5.74, 6) is 0.616. The van der Waals surface area contributed by atoms with E-state index in [2.05, 4.69) is 0 Å². The number of fused-ring (bicyclic) bond motifs is 2. The van der Waals surface area contributed by atoms with Crippen molar-refractivity contribution in [1.29, 1.82) is 0 Å². The van der Waals surface area contributed by atoms with Gasteiger partial charge >= 0.3 is 0 Å². The Morgan fingerprint density at radius 2 is 1.00 bits per heavy atom. The molecular formula is C24H20Cl2O6. The maximum Gasteiger partial charge on any atom is 0.131 e. The molecule has 0 saturated carbocycles. The average molecular weight is 475 g/mol. The SMILES string of the molecule is OCCOc1cc(-c2cc(OCCO)c3cc(Cl)ccc3c2O)c(O)c2ccc(Cl)cc12. The van der Waals surface area contributed by atoms with Gasteiger partial charge in [0.2, 0.25) is 0 Å². The molecule has 4 aromatic carbocycles. The Kier molecular flexibility index (Phi) is 6.48. The van der Waals surface area contributed by atoms with Crippen LogP contribution in [0.15, 0.2) is 48.5 Å². The van der Waals surface area contributed by atoms with Crippen molar-refractivity contribution >= 4 is 44.7 Å². The van der Waals surface area contributed by atoms with Crippen LogP contribution in [0.5, 0.6) is 23.0 Å². The Hall–Kier alpha value is -2.90. The Bertz CT molecular complexity index is 1200.